The van der Waals surface area contributed by atoms with Gasteiger partial charge in [0.1, 0.15) is 5.76 Å². The lowest BCUT2D eigenvalue weighted by Gasteiger charge is -2.13. The van der Waals surface area contributed by atoms with Gasteiger partial charge < -0.3 is 4.42 Å². The molecule has 30 heavy (non-hydrogen) atoms. The average molecular weight is 425 g/mol. The maximum Gasteiger partial charge on any atom is 0.196 e. The maximum atomic E-state index is 13.5. The van der Waals surface area contributed by atoms with Gasteiger partial charge in [-0.25, -0.2) is 8.78 Å². The van der Waals surface area contributed by atoms with Crippen LogP contribution in [0.5, 0.6) is 0 Å². The zero-order valence-electron chi connectivity index (χ0n) is 16.2. The monoisotopic (exact) mass is 425 g/mol. The first-order chi connectivity index (χ1) is 14.5. The molecule has 1 atom stereocenters. The fraction of sp³-hybridized carbons (Fsp3) is 0.136. The number of rotatable bonds is 6. The van der Waals surface area contributed by atoms with E-state index in [4.69, 9.17) is 4.42 Å². The Morgan fingerprint density at radius 2 is 1.83 bits per heavy atom. The molecule has 2 aromatic heterocycles. The summed E-state index contributed by atoms with van der Waals surface area (Å²) in [4.78, 5) is 12.8. The number of Topliss-reactive ketones (excluding diaryl/α,β-unsaturated/α-hetero) is 1. The molecule has 8 heteroatoms. The van der Waals surface area contributed by atoms with Crippen LogP contribution in [0.2, 0.25) is 0 Å². The summed E-state index contributed by atoms with van der Waals surface area (Å²) in [6.07, 6.45) is 1.58. The van der Waals surface area contributed by atoms with Gasteiger partial charge in [0.05, 0.1) is 17.1 Å². The number of thioether (sulfide) groups is 1. The summed E-state index contributed by atoms with van der Waals surface area (Å²) in [5.41, 5.74) is 1.72. The Balaban J connectivity index is 1.70. The van der Waals surface area contributed by atoms with Gasteiger partial charge in [-0.05, 0) is 50.2 Å². The minimum absolute atomic E-state index is 0.102. The van der Waals surface area contributed by atoms with Crippen LogP contribution in [0.15, 0.2) is 70.4 Å². The lowest BCUT2D eigenvalue weighted by atomic mass is 10.1. The van der Waals surface area contributed by atoms with Crippen LogP contribution in [0.25, 0.3) is 17.1 Å². The van der Waals surface area contributed by atoms with Crippen LogP contribution < -0.4 is 0 Å². The van der Waals surface area contributed by atoms with Crippen LogP contribution in [0, 0.1) is 18.6 Å². The number of benzene rings is 2. The predicted molar refractivity (Wildman–Crippen MR) is 110 cm³/mol. The normalized spacial score (nSPS) is 12.1. The third-order valence-corrected chi connectivity index (χ3v) is 5.65. The third-order valence-electron chi connectivity index (χ3n) is 4.60. The molecule has 5 nitrogen and oxygen atoms in total. The fourth-order valence-electron chi connectivity index (χ4n) is 3.04. The van der Waals surface area contributed by atoms with Gasteiger partial charge in [-0.15, -0.1) is 10.2 Å². The van der Waals surface area contributed by atoms with E-state index in [2.05, 4.69) is 10.2 Å². The van der Waals surface area contributed by atoms with Crippen molar-refractivity contribution in [2.75, 3.05) is 0 Å². The van der Waals surface area contributed by atoms with Gasteiger partial charge in [0.25, 0.3) is 0 Å². The van der Waals surface area contributed by atoms with Crippen molar-refractivity contribution in [2.45, 2.75) is 24.3 Å². The van der Waals surface area contributed by atoms with Crippen LogP contribution in [0.3, 0.4) is 0 Å². The highest BCUT2D eigenvalue weighted by molar-refractivity contribution is 8.00. The summed E-state index contributed by atoms with van der Waals surface area (Å²) in [5.74, 6) is -1.09. The van der Waals surface area contributed by atoms with Crippen molar-refractivity contribution in [1.82, 2.24) is 14.8 Å². The molecule has 2 aromatic carbocycles. The number of hydrogen-bond donors (Lipinski definition) is 0. The number of hydrogen-bond acceptors (Lipinski definition) is 5. The Morgan fingerprint density at radius 1 is 1.07 bits per heavy atom. The number of ketones is 1. The maximum absolute atomic E-state index is 13.5. The van der Waals surface area contributed by atoms with Crippen molar-refractivity contribution in [1.29, 1.82) is 0 Å². The second-order valence-electron chi connectivity index (χ2n) is 6.62. The highest BCUT2D eigenvalue weighted by Gasteiger charge is 2.24. The molecule has 0 saturated heterocycles. The number of carbonyl (C=O) groups is 1. The number of carbonyl (C=O) groups excluding carboxylic acids is 1. The molecular weight excluding hydrogens is 408 g/mol. The highest BCUT2D eigenvalue weighted by Crippen LogP contribution is 2.32. The highest BCUT2D eigenvalue weighted by atomic mass is 32.2. The first-order valence-corrected chi connectivity index (χ1v) is 10.0. The first-order valence-electron chi connectivity index (χ1n) is 9.17. The predicted octanol–water partition coefficient (Wildman–Crippen LogP) is 5.48. The van der Waals surface area contributed by atoms with Crippen molar-refractivity contribution in [3.05, 3.63) is 83.8 Å². The van der Waals surface area contributed by atoms with Gasteiger partial charge in [-0.2, -0.15) is 0 Å². The van der Waals surface area contributed by atoms with Crippen molar-refractivity contribution >= 4 is 17.5 Å². The summed E-state index contributed by atoms with van der Waals surface area (Å²) in [7, 11) is 0. The molecule has 0 saturated carbocycles. The molecule has 0 aliphatic rings. The third kappa shape index (κ3) is 3.78. The summed E-state index contributed by atoms with van der Waals surface area (Å²) in [6.45, 7) is 3.53. The lowest BCUT2D eigenvalue weighted by molar-refractivity contribution is 0.0993. The number of aromatic nitrogens is 3. The average Bonchev–Trinajstić information content (AvgIpc) is 3.35. The molecule has 0 radical (unpaired) electrons. The van der Waals surface area contributed by atoms with Crippen molar-refractivity contribution in [2.24, 2.45) is 0 Å². The molecule has 0 aliphatic carbocycles. The van der Waals surface area contributed by atoms with Crippen molar-refractivity contribution < 1.29 is 18.0 Å². The SMILES string of the molecule is Cc1occc1-c1nnc(SC(C)C(=O)c2ccc(F)c(F)c2)n1-c1ccccc1. The number of nitrogens with zero attached hydrogens (tertiary/aromatic N) is 3. The van der Waals surface area contributed by atoms with E-state index in [0.717, 1.165) is 23.4 Å². The second kappa shape index (κ2) is 8.23. The Hall–Kier alpha value is -3.26. The molecule has 0 aliphatic heterocycles. The molecule has 4 aromatic rings. The van der Waals surface area contributed by atoms with E-state index >= 15 is 0 Å². The fourth-order valence-corrected chi connectivity index (χ4v) is 3.99. The zero-order chi connectivity index (χ0) is 21.3. The van der Waals surface area contributed by atoms with Gasteiger partial charge in [-0.1, -0.05) is 30.0 Å². The molecule has 0 amide bonds. The molecule has 4 rings (SSSR count). The van der Waals surface area contributed by atoms with Gasteiger partial charge >= 0.3 is 0 Å². The largest absolute Gasteiger partial charge is 0.469 e. The second-order valence-corrected chi connectivity index (χ2v) is 7.93. The topological polar surface area (TPSA) is 60.9 Å². The van der Waals surface area contributed by atoms with Crippen molar-refractivity contribution in [3.8, 4) is 17.1 Å². The summed E-state index contributed by atoms with van der Waals surface area (Å²) in [6, 6.07) is 14.5. The van der Waals surface area contributed by atoms with Crippen LogP contribution in [-0.4, -0.2) is 25.8 Å². The van der Waals surface area contributed by atoms with Gasteiger partial charge in [0.15, 0.2) is 28.4 Å². The standard InChI is InChI=1S/C22H17F2N3O2S/c1-13-17(10-11-29-13)21-25-26-22(27(21)16-6-4-3-5-7-16)30-14(2)20(28)15-8-9-18(23)19(24)12-15/h3-12,14H,1-2H3. The molecule has 1 unspecified atom stereocenters. The number of furan rings is 1. The van der Waals surface area contributed by atoms with Gasteiger partial charge in [0, 0.05) is 11.3 Å². The Kier molecular flexibility index (Phi) is 5.50. The van der Waals surface area contributed by atoms with E-state index in [-0.39, 0.29) is 11.3 Å². The Labute approximate surface area is 175 Å². The smallest absolute Gasteiger partial charge is 0.196 e. The Morgan fingerprint density at radius 3 is 2.50 bits per heavy atom. The first kappa shape index (κ1) is 20.0. The number of halogens is 2. The quantitative estimate of drug-likeness (QED) is 0.303. The molecule has 152 valence electrons. The zero-order valence-corrected chi connectivity index (χ0v) is 17.0. The van der Waals surface area contributed by atoms with Crippen LogP contribution in [0.4, 0.5) is 8.78 Å². The summed E-state index contributed by atoms with van der Waals surface area (Å²) >= 11 is 1.19. The molecule has 0 spiro atoms. The Bertz CT molecular complexity index is 1200. The van der Waals surface area contributed by atoms with Gasteiger partial charge in [0.2, 0.25) is 0 Å². The molecular formula is C22H17F2N3O2S. The minimum atomic E-state index is -1.05. The van der Waals surface area contributed by atoms with Crippen LogP contribution >= 0.6 is 11.8 Å². The van der Waals surface area contributed by atoms with E-state index in [1.54, 1.807) is 13.2 Å². The summed E-state index contributed by atoms with van der Waals surface area (Å²) < 4.78 is 34.0. The molecule has 0 N–H and O–H groups in total. The lowest BCUT2D eigenvalue weighted by Crippen LogP contribution is -2.15. The summed E-state index contributed by atoms with van der Waals surface area (Å²) in [5, 5.41) is 8.51. The van der Waals surface area contributed by atoms with Gasteiger partial charge in [-0.3, -0.25) is 9.36 Å². The molecule has 2 heterocycles. The van der Waals surface area contributed by atoms with E-state index in [0.29, 0.717) is 16.7 Å². The minimum Gasteiger partial charge on any atom is -0.469 e. The van der Waals surface area contributed by atoms with E-state index in [9.17, 15) is 13.6 Å². The van der Waals surface area contributed by atoms with E-state index in [1.165, 1.54) is 17.8 Å². The van der Waals surface area contributed by atoms with E-state index < -0.39 is 16.9 Å². The number of para-hydroxylation sites is 1. The molecule has 0 fully saturated rings. The number of aryl methyl sites for hydroxylation is 1. The molecule has 0 bridgehead atoms. The van der Waals surface area contributed by atoms with Crippen LogP contribution in [-0.2, 0) is 0 Å². The van der Waals surface area contributed by atoms with Crippen LogP contribution in [0.1, 0.15) is 23.0 Å². The van der Waals surface area contributed by atoms with E-state index in [1.807, 2.05) is 47.9 Å². The van der Waals surface area contributed by atoms with Crippen molar-refractivity contribution in [3.63, 3.8) is 0 Å².